The van der Waals surface area contributed by atoms with Gasteiger partial charge >= 0.3 is 0 Å². The lowest BCUT2D eigenvalue weighted by Crippen LogP contribution is -1.95. The lowest BCUT2D eigenvalue weighted by Gasteiger charge is -2.11. The van der Waals surface area contributed by atoms with E-state index < -0.39 is 0 Å². The molecule has 50 heavy (non-hydrogen) atoms. The van der Waals surface area contributed by atoms with Gasteiger partial charge in [-0.15, -0.1) is 0 Å². The third-order valence-electron chi connectivity index (χ3n) is 9.34. The van der Waals surface area contributed by atoms with Crippen LogP contribution in [0.1, 0.15) is 0 Å². The number of fused-ring (bicyclic) bond motifs is 2. The SMILES string of the molecule is c1ccc(-c2cc(-c3ccccc3)nc(-c3ccc(-c4ccc5ccc(-c6ccc(-c7cccc8cccnc78)cc6)cc5c4)cc3)n2)cc1. The molecule has 2 aromatic heterocycles. The van der Waals surface area contributed by atoms with Gasteiger partial charge in [-0.2, -0.15) is 0 Å². The fraction of sp³-hybridized carbons (Fsp3) is 0. The van der Waals surface area contributed by atoms with E-state index in [1.807, 2.05) is 48.7 Å². The van der Waals surface area contributed by atoms with Gasteiger partial charge in [0, 0.05) is 33.8 Å². The normalized spacial score (nSPS) is 11.2. The molecule has 0 saturated carbocycles. The monoisotopic (exact) mass is 637 g/mol. The Hall–Kier alpha value is -6.71. The number of benzene rings is 7. The zero-order valence-corrected chi connectivity index (χ0v) is 27.2. The van der Waals surface area contributed by atoms with E-state index in [2.05, 4.69) is 145 Å². The Kier molecular flexibility index (Phi) is 7.49. The van der Waals surface area contributed by atoms with Gasteiger partial charge in [-0.05, 0) is 62.9 Å². The van der Waals surface area contributed by atoms with Crippen molar-refractivity contribution >= 4 is 21.7 Å². The van der Waals surface area contributed by atoms with Crippen LogP contribution in [0.3, 0.4) is 0 Å². The molecule has 9 aromatic rings. The molecule has 0 amide bonds. The molecule has 0 N–H and O–H groups in total. The molecule has 9 rings (SSSR count). The van der Waals surface area contributed by atoms with Gasteiger partial charge in [0.15, 0.2) is 5.82 Å². The molecular weight excluding hydrogens is 607 g/mol. The molecule has 0 bridgehead atoms. The molecule has 0 fully saturated rings. The Bertz CT molecular complexity index is 2550. The summed E-state index contributed by atoms with van der Waals surface area (Å²) in [5, 5.41) is 3.57. The number of hydrogen-bond acceptors (Lipinski definition) is 3. The highest BCUT2D eigenvalue weighted by molar-refractivity contribution is 5.94. The molecule has 0 spiro atoms. The Morgan fingerprint density at radius 1 is 0.300 bits per heavy atom. The van der Waals surface area contributed by atoms with Crippen molar-refractivity contribution in [2.75, 3.05) is 0 Å². The highest BCUT2D eigenvalue weighted by atomic mass is 14.9. The fourth-order valence-electron chi connectivity index (χ4n) is 6.69. The van der Waals surface area contributed by atoms with E-state index in [1.54, 1.807) is 0 Å². The Morgan fingerprint density at radius 2 is 0.820 bits per heavy atom. The van der Waals surface area contributed by atoms with Crippen LogP contribution in [0, 0.1) is 0 Å². The number of hydrogen-bond donors (Lipinski definition) is 0. The molecule has 0 aliphatic heterocycles. The maximum Gasteiger partial charge on any atom is 0.160 e. The van der Waals surface area contributed by atoms with Gasteiger partial charge in [-0.1, -0.05) is 158 Å². The zero-order valence-electron chi connectivity index (χ0n) is 27.2. The van der Waals surface area contributed by atoms with Crippen LogP contribution in [0.2, 0.25) is 0 Å². The van der Waals surface area contributed by atoms with Crippen LogP contribution in [0.15, 0.2) is 188 Å². The van der Waals surface area contributed by atoms with Crippen LogP contribution in [0.25, 0.3) is 89.0 Å². The molecule has 0 saturated heterocycles. The average molecular weight is 638 g/mol. The highest BCUT2D eigenvalue weighted by Gasteiger charge is 2.12. The lowest BCUT2D eigenvalue weighted by molar-refractivity contribution is 1.18. The summed E-state index contributed by atoms with van der Waals surface area (Å²) in [5.74, 6) is 0.711. The molecule has 0 radical (unpaired) electrons. The number of para-hydroxylation sites is 1. The molecule has 234 valence electrons. The summed E-state index contributed by atoms with van der Waals surface area (Å²) in [4.78, 5) is 14.7. The second-order valence-corrected chi connectivity index (χ2v) is 12.5. The maximum atomic E-state index is 5.00. The fourth-order valence-corrected chi connectivity index (χ4v) is 6.69. The van der Waals surface area contributed by atoms with Gasteiger partial charge in [0.25, 0.3) is 0 Å². The third kappa shape index (κ3) is 5.72. The topological polar surface area (TPSA) is 38.7 Å². The van der Waals surface area contributed by atoms with Crippen molar-refractivity contribution in [3.63, 3.8) is 0 Å². The third-order valence-corrected chi connectivity index (χ3v) is 9.34. The van der Waals surface area contributed by atoms with Crippen LogP contribution in [0.5, 0.6) is 0 Å². The summed E-state index contributed by atoms with van der Waals surface area (Å²) >= 11 is 0. The standard InChI is InChI=1S/C47H31N3/c1-3-9-36(10-4-1)44-31-45(37-11-5-2-6-12-37)50-47(49-44)39-24-18-33(19-25-39)41-27-21-34-20-26-40(29-42(34)30-41)32-16-22-35(23-17-32)43-15-7-13-38-14-8-28-48-46(38)43/h1-31H. The second-order valence-electron chi connectivity index (χ2n) is 12.5. The first-order valence-corrected chi connectivity index (χ1v) is 16.8. The van der Waals surface area contributed by atoms with Crippen molar-refractivity contribution in [3.05, 3.63) is 188 Å². The van der Waals surface area contributed by atoms with Crippen molar-refractivity contribution in [3.8, 4) is 67.3 Å². The van der Waals surface area contributed by atoms with E-state index in [0.29, 0.717) is 5.82 Å². The van der Waals surface area contributed by atoms with Gasteiger partial charge in [0.2, 0.25) is 0 Å². The molecule has 7 aromatic carbocycles. The smallest absolute Gasteiger partial charge is 0.160 e. The molecule has 3 nitrogen and oxygen atoms in total. The first kappa shape index (κ1) is 29.4. The molecule has 0 unspecified atom stereocenters. The molecule has 0 aliphatic rings. The Morgan fingerprint density at radius 3 is 1.42 bits per heavy atom. The van der Waals surface area contributed by atoms with E-state index >= 15 is 0 Å². The van der Waals surface area contributed by atoms with Crippen molar-refractivity contribution in [2.45, 2.75) is 0 Å². The zero-order chi connectivity index (χ0) is 33.3. The van der Waals surface area contributed by atoms with Gasteiger partial charge in [0.1, 0.15) is 0 Å². The number of nitrogens with zero attached hydrogens (tertiary/aromatic N) is 3. The summed E-state index contributed by atoms with van der Waals surface area (Å²) in [5.41, 5.74) is 13.0. The molecule has 3 heteroatoms. The molecule has 0 aliphatic carbocycles. The average Bonchev–Trinajstić information content (AvgIpc) is 3.21. The quantitative estimate of drug-likeness (QED) is 0.182. The highest BCUT2D eigenvalue weighted by Crippen LogP contribution is 2.33. The summed E-state index contributed by atoms with van der Waals surface area (Å²) in [7, 11) is 0. The summed E-state index contributed by atoms with van der Waals surface area (Å²) < 4.78 is 0. The van der Waals surface area contributed by atoms with E-state index in [9.17, 15) is 0 Å². The maximum absolute atomic E-state index is 5.00. The minimum absolute atomic E-state index is 0.711. The van der Waals surface area contributed by atoms with Gasteiger partial charge in [-0.3, -0.25) is 4.98 Å². The second kappa shape index (κ2) is 12.7. The van der Waals surface area contributed by atoms with Gasteiger partial charge < -0.3 is 0 Å². The molecular formula is C47H31N3. The Labute approximate surface area is 291 Å². The van der Waals surface area contributed by atoms with Crippen LogP contribution in [-0.2, 0) is 0 Å². The minimum Gasteiger partial charge on any atom is -0.256 e. The predicted molar refractivity (Wildman–Crippen MR) is 207 cm³/mol. The van der Waals surface area contributed by atoms with Crippen molar-refractivity contribution in [1.29, 1.82) is 0 Å². The van der Waals surface area contributed by atoms with Crippen LogP contribution < -0.4 is 0 Å². The van der Waals surface area contributed by atoms with Crippen molar-refractivity contribution in [1.82, 2.24) is 15.0 Å². The van der Waals surface area contributed by atoms with E-state index in [1.165, 1.54) is 27.5 Å². The lowest BCUT2D eigenvalue weighted by atomic mass is 9.95. The summed E-state index contributed by atoms with van der Waals surface area (Å²) in [6.07, 6.45) is 1.86. The molecule has 0 atom stereocenters. The van der Waals surface area contributed by atoms with Crippen LogP contribution >= 0.6 is 0 Å². The number of aromatic nitrogens is 3. The predicted octanol–water partition coefficient (Wildman–Crippen LogP) is 12.2. The number of rotatable bonds is 6. The Balaban J connectivity index is 1.02. The van der Waals surface area contributed by atoms with Gasteiger partial charge in [-0.25, -0.2) is 9.97 Å². The van der Waals surface area contributed by atoms with Crippen molar-refractivity contribution < 1.29 is 0 Å². The van der Waals surface area contributed by atoms with E-state index in [4.69, 9.17) is 9.97 Å². The summed E-state index contributed by atoms with van der Waals surface area (Å²) in [6.45, 7) is 0. The first-order chi connectivity index (χ1) is 24.7. The van der Waals surface area contributed by atoms with E-state index in [0.717, 1.165) is 55.7 Å². The minimum atomic E-state index is 0.711. The first-order valence-electron chi connectivity index (χ1n) is 16.8. The number of pyridine rings is 1. The van der Waals surface area contributed by atoms with Crippen LogP contribution in [-0.4, -0.2) is 15.0 Å². The molecule has 2 heterocycles. The van der Waals surface area contributed by atoms with Crippen LogP contribution in [0.4, 0.5) is 0 Å². The summed E-state index contributed by atoms with van der Waals surface area (Å²) in [6, 6.07) is 63.9. The van der Waals surface area contributed by atoms with Crippen molar-refractivity contribution in [2.24, 2.45) is 0 Å². The van der Waals surface area contributed by atoms with E-state index in [-0.39, 0.29) is 0 Å². The van der Waals surface area contributed by atoms with Gasteiger partial charge in [0.05, 0.1) is 16.9 Å². The largest absolute Gasteiger partial charge is 0.256 e.